The highest BCUT2D eigenvalue weighted by atomic mass is 19.4. The van der Waals surface area contributed by atoms with Gasteiger partial charge in [-0.2, -0.15) is 13.2 Å². The Balaban J connectivity index is 1.39. The van der Waals surface area contributed by atoms with Gasteiger partial charge in [0.2, 0.25) is 0 Å². The third-order valence-corrected chi connectivity index (χ3v) is 10.0. The Labute approximate surface area is 316 Å². The van der Waals surface area contributed by atoms with Gasteiger partial charge < -0.3 is 0 Å². The van der Waals surface area contributed by atoms with Crippen LogP contribution in [0.15, 0.2) is 182 Å². The quantitative estimate of drug-likeness (QED) is 0.143. The molecule has 5 heteroatoms. The van der Waals surface area contributed by atoms with Crippen LogP contribution in [-0.2, 0) is 6.18 Å². The van der Waals surface area contributed by atoms with Crippen LogP contribution in [0.5, 0.6) is 0 Å². The van der Waals surface area contributed by atoms with Gasteiger partial charge in [-0.05, 0) is 121 Å². The number of benzene rings is 8. The maximum atomic E-state index is 14.2. The largest absolute Gasteiger partial charge is 0.419 e. The zero-order valence-electron chi connectivity index (χ0n) is 29.7. The van der Waals surface area contributed by atoms with E-state index in [-0.39, 0.29) is 11.4 Å². The second-order valence-corrected chi connectivity index (χ2v) is 13.5. The molecule has 0 saturated carbocycles. The number of alkyl halides is 3. The van der Waals surface area contributed by atoms with Crippen LogP contribution >= 0.6 is 0 Å². The summed E-state index contributed by atoms with van der Waals surface area (Å²) in [5, 5.41) is 0. The third-order valence-electron chi connectivity index (χ3n) is 10.0. The molecule has 0 aromatic heterocycles. The molecule has 0 aliphatic carbocycles. The van der Waals surface area contributed by atoms with E-state index in [2.05, 4.69) is 66.7 Å². The van der Waals surface area contributed by atoms with Crippen molar-refractivity contribution in [1.29, 1.82) is 0 Å². The number of aryl methyl sites for hydroxylation is 1. The molecule has 55 heavy (non-hydrogen) atoms. The minimum absolute atomic E-state index is 0.241. The van der Waals surface area contributed by atoms with Gasteiger partial charge in [0, 0.05) is 0 Å². The van der Waals surface area contributed by atoms with Crippen LogP contribution in [0.25, 0.3) is 77.9 Å². The summed E-state index contributed by atoms with van der Waals surface area (Å²) in [6.07, 6.45) is -4.81. The summed E-state index contributed by atoms with van der Waals surface area (Å²) >= 11 is 0. The van der Waals surface area contributed by atoms with Gasteiger partial charge in [0.15, 0.2) is 0 Å². The van der Waals surface area contributed by atoms with Crippen molar-refractivity contribution in [2.24, 2.45) is 0 Å². The van der Waals surface area contributed by atoms with Crippen molar-refractivity contribution in [3.63, 3.8) is 0 Å². The van der Waals surface area contributed by atoms with E-state index >= 15 is 0 Å². The topological polar surface area (TPSA) is 0 Å². The minimum atomic E-state index is -4.81. The first-order chi connectivity index (χ1) is 26.7. The Morgan fingerprint density at radius 3 is 1.18 bits per heavy atom. The van der Waals surface area contributed by atoms with E-state index in [1.54, 1.807) is 25.1 Å². The first-order valence-corrected chi connectivity index (χ1v) is 17.9. The second-order valence-electron chi connectivity index (χ2n) is 13.5. The fourth-order valence-electron chi connectivity index (χ4n) is 7.27. The van der Waals surface area contributed by atoms with Crippen molar-refractivity contribution in [2.75, 3.05) is 0 Å². The van der Waals surface area contributed by atoms with Crippen LogP contribution in [0.2, 0.25) is 0 Å². The van der Waals surface area contributed by atoms with Gasteiger partial charge in [-0.15, -0.1) is 0 Å². The van der Waals surface area contributed by atoms with Gasteiger partial charge >= 0.3 is 6.18 Å². The molecule has 0 spiro atoms. The average Bonchev–Trinajstić information content (AvgIpc) is 3.22. The molecule has 0 saturated heterocycles. The van der Waals surface area contributed by atoms with E-state index in [9.17, 15) is 22.0 Å². The SMILES string of the molecule is Cc1cc(-c2ccc(-c3c(-c4ccccc4)cc(-c4ccc(-c5ccc(F)c(C(F)(F)F)c5)cc4)c(-c4ccccc4)c3-c3ccccc3)cc2)ccc1F. The lowest BCUT2D eigenvalue weighted by Crippen LogP contribution is -2.08. The molecule has 0 aliphatic rings. The molecule has 0 heterocycles. The van der Waals surface area contributed by atoms with Gasteiger partial charge in [0.05, 0.1) is 5.56 Å². The van der Waals surface area contributed by atoms with Crippen molar-refractivity contribution in [1.82, 2.24) is 0 Å². The lowest BCUT2D eigenvalue weighted by atomic mass is 9.78. The molecule has 0 N–H and O–H groups in total. The molecular formula is C50H33F5. The van der Waals surface area contributed by atoms with Crippen LogP contribution in [0.4, 0.5) is 22.0 Å². The molecule has 8 aromatic carbocycles. The van der Waals surface area contributed by atoms with E-state index in [1.165, 1.54) is 12.1 Å². The molecule has 268 valence electrons. The fourth-order valence-corrected chi connectivity index (χ4v) is 7.27. The highest BCUT2D eigenvalue weighted by Crippen LogP contribution is 2.50. The van der Waals surface area contributed by atoms with Gasteiger partial charge in [-0.1, -0.05) is 152 Å². The van der Waals surface area contributed by atoms with Crippen molar-refractivity contribution in [2.45, 2.75) is 13.1 Å². The predicted octanol–water partition coefficient (Wildman–Crippen LogP) is 15.0. The van der Waals surface area contributed by atoms with E-state index in [0.717, 1.165) is 78.9 Å². The summed E-state index contributed by atoms with van der Waals surface area (Å²) in [7, 11) is 0. The summed E-state index contributed by atoms with van der Waals surface area (Å²) in [5.41, 5.74) is 11.8. The molecule has 0 radical (unpaired) electrons. The zero-order valence-corrected chi connectivity index (χ0v) is 29.7. The van der Waals surface area contributed by atoms with Gasteiger partial charge in [0.1, 0.15) is 11.6 Å². The molecule has 0 unspecified atom stereocenters. The predicted molar refractivity (Wildman–Crippen MR) is 214 cm³/mol. The summed E-state index contributed by atoms with van der Waals surface area (Å²) in [5.74, 6) is -1.54. The first kappa shape index (κ1) is 35.4. The molecule has 0 fully saturated rings. The van der Waals surface area contributed by atoms with Crippen molar-refractivity contribution >= 4 is 0 Å². The van der Waals surface area contributed by atoms with E-state index < -0.39 is 17.6 Å². The number of halogens is 5. The van der Waals surface area contributed by atoms with E-state index in [0.29, 0.717) is 11.1 Å². The van der Waals surface area contributed by atoms with Crippen molar-refractivity contribution < 1.29 is 22.0 Å². The summed E-state index contributed by atoms with van der Waals surface area (Å²) < 4.78 is 69.2. The Morgan fingerprint density at radius 2 is 0.691 bits per heavy atom. The number of hydrogen-bond acceptors (Lipinski definition) is 0. The highest BCUT2D eigenvalue weighted by molar-refractivity contribution is 6.07. The molecule has 0 nitrogen and oxygen atoms in total. The summed E-state index contributed by atoms with van der Waals surface area (Å²) in [6.45, 7) is 1.76. The molecule has 0 atom stereocenters. The maximum Gasteiger partial charge on any atom is 0.419 e. The van der Waals surface area contributed by atoms with Gasteiger partial charge in [-0.25, -0.2) is 8.78 Å². The minimum Gasteiger partial charge on any atom is -0.207 e. The van der Waals surface area contributed by atoms with Gasteiger partial charge in [0.25, 0.3) is 0 Å². The average molecular weight is 729 g/mol. The normalized spacial score (nSPS) is 11.5. The van der Waals surface area contributed by atoms with Crippen LogP contribution in [-0.4, -0.2) is 0 Å². The molecule has 8 aromatic rings. The second kappa shape index (κ2) is 14.7. The molecule has 0 amide bonds. The Morgan fingerprint density at radius 1 is 0.327 bits per heavy atom. The molecule has 0 bridgehead atoms. The van der Waals surface area contributed by atoms with Crippen molar-refractivity contribution in [3.8, 4) is 77.9 Å². The number of hydrogen-bond donors (Lipinski definition) is 0. The van der Waals surface area contributed by atoms with Crippen LogP contribution in [0, 0.1) is 18.6 Å². The van der Waals surface area contributed by atoms with Crippen LogP contribution < -0.4 is 0 Å². The van der Waals surface area contributed by atoms with E-state index in [1.807, 2.05) is 72.8 Å². The first-order valence-electron chi connectivity index (χ1n) is 17.9. The van der Waals surface area contributed by atoms with Crippen LogP contribution in [0.1, 0.15) is 11.1 Å². The zero-order chi connectivity index (χ0) is 38.1. The monoisotopic (exact) mass is 728 g/mol. The molecule has 8 rings (SSSR count). The highest BCUT2D eigenvalue weighted by Gasteiger charge is 2.34. The summed E-state index contributed by atoms with van der Waals surface area (Å²) in [6, 6.07) is 56.8. The molecular weight excluding hydrogens is 696 g/mol. The fraction of sp³-hybridized carbons (Fsp3) is 0.0400. The Kier molecular flexibility index (Phi) is 9.46. The number of rotatable bonds is 7. The van der Waals surface area contributed by atoms with Crippen LogP contribution in [0.3, 0.4) is 0 Å². The van der Waals surface area contributed by atoms with Crippen molar-refractivity contribution in [3.05, 3.63) is 205 Å². The maximum absolute atomic E-state index is 14.2. The standard InChI is InChI=1S/C50H33F5/c1-32-29-40(25-27-45(32)51)33-19-23-39(24-20-33)48-42(35-11-5-2-6-12-35)31-43(47(37-13-7-3-8-14-37)49(48)38-15-9-4-10-16-38)36-21-17-34(18-22-36)41-26-28-46(52)44(30-41)50(53,54)55/h2-31H,1H3. The van der Waals surface area contributed by atoms with E-state index in [4.69, 9.17) is 0 Å². The van der Waals surface area contributed by atoms with Gasteiger partial charge in [-0.3, -0.25) is 0 Å². The lowest BCUT2D eigenvalue weighted by molar-refractivity contribution is -0.139. The lowest BCUT2D eigenvalue weighted by Gasteiger charge is -2.24. The Bertz CT molecular complexity index is 2610. The third kappa shape index (κ3) is 7.09. The smallest absolute Gasteiger partial charge is 0.207 e. The Hall–Kier alpha value is -6.59. The molecule has 0 aliphatic heterocycles. The summed E-state index contributed by atoms with van der Waals surface area (Å²) in [4.78, 5) is 0.